The fraction of sp³-hybridized carbons (Fsp3) is 1.00. The molecule has 3 aliphatic rings. The van der Waals surface area contributed by atoms with E-state index in [9.17, 15) is 0 Å². The Kier molecular flexibility index (Phi) is 11.7. The molecular weight excluding hydrogens is 537 g/mol. The molecule has 0 heterocycles. The van der Waals surface area contributed by atoms with Crippen LogP contribution in [-0.2, 0) is 12.3 Å². The van der Waals surface area contributed by atoms with Crippen molar-refractivity contribution >= 4 is 41.8 Å². The average Bonchev–Trinajstić information content (AvgIpc) is 2.81. The van der Waals surface area contributed by atoms with E-state index in [-0.39, 0.29) is 0 Å². The molecule has 0 spiro atoms. The van der Waals surface area contributed by atoms with Gasteiger partial charge in [-0.2, -0.15) is 0 Å². The Balaban J connectivity index is 1.90. The van der Waals surface area contributed by atoms with Gasteiger partial charge in [-0.1, -0.05) is 96.3 Å². The summed E-state index contributed by atoms with van der Waals surface area (Å²) < 4.78 is 22.0. The molecule has 0 aromatic rings. The zero-order valence-electron chi connectivity index (χ0n) is 26.5. The van der Waals surface area contributed by atoms with Crippen LogP contribution < -0.4 is 0 Å². The average molecular weight is 601 g/mol. The fourth-order valence-corrected chi connectivity index (χ4v) is 36.5. The number of hydrogen-bond acceptors (Lipinski definition) is 3. The third kappa shape index (κ3) is 9.78. The summed E-state index contributed by atoms with van der Waals surface area (Å²) in [6.07, 6.45) is 22.0. The molecule has 3 rings (SSSR count). The van der Waals surface area contributed by atoms with Gasteiger partial charge in [0.05, 0.1) is 0 Å². The molecule has 0 aromatic carbocycles. The molecule has 3 fully saturated rings. The van der Waals surface area contributed by atoms with Crippen molar-refractivity contribution in [3.8, 4) is 0 Å². The van der Waals surface area contributed by atoms with E-state index in [2.05, 4.69) is 58.9 Å². The van der Waals surface area contributed by atoms with Gasteiger partial charge in [0, 0.05) is 0 Å². The predicted octanol–water partition coefficient (Wildman–Crippen LogP) is 10.9. The molecule has 0 aliphatic heterocycles. The summed E-state index contributed by atoms with van der Waals surface area (Å²) in [4.78, 5) is 0. The molecule has 3 saturated carbocycles. The maximum Gasteiger partial charge on any atom is 0.314 e. The van der Waals surface area contributed by atoms with Crippen molar-refractivity contribution in [2.45, 2.75) is 184 Å². The van der Waals surface area contributed by atoms with E-state index in [0.29, 0.717) is 0 Å². The van der Waals surface area contributed by atoms with Crippen LogP contribution in [0, 0.1) is 0 Å². The minimum absolute atomic E-state index is 0.930. The summed E-state index contributed by atoms with van der Waals surface area (Å²) in [6, 6.07) is 2.36. The van der Waals surface area contributed by atoms with Gasteiger partial charge in [0.1, 0.15) is 0 Å². The van der Waals surface area contributed by atoms with Gasteiger partial charge < -0.3 is 12.3 Å². The van der Waals surface area contributed by atoms with Crippen LogP contribution >= 0.6 is 0 Å². The highest BCUT2D eigenvalue weighted by molar-refractivity contribution is 6.91. The van der Waals surface area contributed by atoms with Crippen LogP contribution in [0.15, 0.2) is 0 Å². The summed E-state index contributed by atoms with van der Waals surface area (Å²) in [5.41, 5.74) is 2.79. The Morgan fingerprint density at radius 1 is 0.432 bits per heavy atom. The lowest BCUT2D eigenvalue weighted by molar-refractivity contribution is 0.339. The first-order valence-electron chi connectivity index (χ1n) is 16.2. The molecule has 0 aromatic heterocycles. The maximum absolute atomic E-state index is 8.11. The molecule has 0 amide bonds. The maximum atomic E-state index is 8.11. The Labute approximate surface area is 237 Å². The van der Waals surface area contributed by atoms with Gasteiger partial charge in [0.2, 0.25) is 0 Å². The summed E-state index contributed by atoms with van der Waals surface area (Å²) in [5.74, 6) is 0. The lowest BCUT2D eigenvalue weighted by Gasteiger charge is -2.55. The first kappa shape index (κ1) is 32.5. The second kappa shape index (κ2) is 13.3. The van der Waals surface area contributed by atoms with Gasteiger partial charge in [-0.25, -0.2) is 0 Å². The van der Waals surface area contributed by atoms with Crippen molar-refractivity contribution in [2.24, 2.45) is 0 Å². The SMILES string of the molecule is C[Si](C)(C)O[Si](C)(CC[Si](C)(C)O[Si](C1CCCCC1)(C1CCCCC1)C1CCCCC1)O[Si](C)(C)C. The highest BCUT2D eigenvalue weighted by Crippen LogP contribution is 2.58. The summed E-state index contributed by atoms with van der Waals surface area (Å²) in [7, 11) is -9.37. The van der Waals surface area contributed by atoms with Gasteiger partial charge >= 0.3 is 8.56 Å². The second-order valence-electron chi connectivity index (χ2n) is 15.8. The van der Waals surface area contributed by atoms with Crippen molar-refractivity contribution in [3.05, 3.63) is 0 Å². The quantitative estimate of drug-likeness (QED) is 0.208. The molecule has 8 heteroatoms. The molecule has 3 aliphatic carbocycles. The van der Waals surface area contributed by atoms with Gasteiger partial charge in [-0.05, 0) is 87.6 Å². The molecule has 0 unspecified atom stereocenters. The molecule has 0 radical (unpaired) electrons. The zero-order valence-corrected chi connectivity index (χ0v) is 31.5. The Morgan fingerprint density at radius 3 is 1.05 bits per heavy atom. The Hall–Kier alpha value is 0.964. The number of hydrogen-bond donors (Lipinski definition) is 0. The summed E-state index contributed by atoms with van der Waals surface area (Å²) in [6.45, 7) is 21.7. The largest absolute Gasteiger partial charge is 0.455 e. The summed E-state index contributed by atoms with van der Waals surface area (Å²) >= 11 is 0. The van der Waals surface area contributed by atoms with Crippen molar-refractivity contribution in [1.82, 2.24) is 0 Å². The zero-order chi connectivity index (χ0) is 27.4. The molecule has 0 saturated heterocycles. The minimum atomic E-state index is -2.23. The normalized spacial score (nSPS) is 22.9. The van der Waals surface area contributed by atoms with Crippen LogP contribution in [0.5, 0.6) is 0 Å². The van der Waals surface area contributed by atoms with Crippen LogP contribution in [0.25, 0.3) is 0 Å². The van der Waals surface area contributed by atoms with Crippen LogP contribution in [0.3, 0.4) is 0 Å². The van der Waals surface area contributed by atoms with Crippen LogP contribution in [0.4, 0.5) is 0 Å². The van der Waals surface area contributed by atoms with E-state index >= 15 is 0 Å². The lowest BCUT2D eigenvalue weighted by Crippen LogP contribution is -2.59. The van der Waals surface area contributed by atoms with E-state index in [4.69, 9.17) is 12.3 Å². The van der Waals surface area contributed by atoms with Gasteiger partial charge in [0.15, 0.2) is 33.3 Å². The van der Waals surface area contributed by atoms with Crippen molar-refractivity contribution in [3.63, 3.8) is 0 Å². The fourth-order valence-electron chi connectivity index (χ4n) is 8.39. The Morgan fingerprint density at radius 2 is 0.757 bits per heavy atom. The van der Waals surface area contributed by atoms with Crippen LogP contribution in [0.2, 0.25) is 87.6 Å². The first-order chi connectivity index (χ1) is 17.1. The molecule has 37 heavy (non-hydrogen) atoms. The summed E-state index contributed by atoms with van der Waals surface area (Å²) in [5, 5.41) is 0. The van der Waals surface area contributed by atoms with Gasteiger partial charge in [-0.15, -0.1) is 0 Å². The van der Waals surface area contributed by atoms with E-state index in [0.717, 1.165) is 22.7 Å². The van der Waals surface area contributed by atoms with Gasteiger partial charge in [-0.3, -0.25) is 0 Å². The minimum Gasteiger partial charge on any atom is -0.455 e. The number of rotatable bonds is 12. The van der Waals surface area contributed by atoms with Crippen molar-refractivity contribution < 1.29 is 12.3 Å². The van der Waals surface area contributed by atoms with E-state index in [1.165, 1.54) is 102 Å². The van der Waals surface area contributed by atoms with E-state index < -0.39 is 41.8 Å². The Bertz CT molecular complexity index is 623. The van der Waals surface area contributed by atoms with Crippen molar-refractivity contribution in [2.75, 3.05) is 0 Å². The van der Waals surface area contributed by atoms with E-state index in [1.54, 1.807) is 0 Å². The molecule has 0 N–H and O–H groups in total. The lowest BCUT2D eigenvalue weighted by atomic mass is 9.98. The van der Waals surface area contributed by atoms with E-state index in [1.807, 2.05) is 0 Å². The third-order valence-corrected chi connectivity index (χ3v) is 30.1. The molecule has 0 bridgehead atoms. The van der Waals surface area contributed by atoms with Crippen LogP contribution in [-0.4, -0.2) is 41.8 Å². The van der Waals surface area contributed by atoms with Gasteiger partial charge in [0.25, 0.3) is 0 Å². The highest BCUT2D eigenvalue weighted by atomic mass is 28.5. The highest BCUT2D eigenvalue weighted by Gasteiger charge is 2.57. The van der Waals surface area contributed by atoms with Crippen molar-refractivity contribution in [1.29, 1.82) is 0 Å². The molecule has 3 nitrogen and oxygen atoms in total. The standard InChI is InChI=1S/C29H64O3Si5/c1-33(2,3)30-36(9,31-34(4,5)6)26-25-35(7,8)32-37(27-19-13-10-14-20-27,28-21-15-11-16-22-28)29-23-17-12-18-24-29/h27-29H,10-26H2,1-9H3. The monoisotopic (exact) mass is 600 g/mol. The smallest absolute Gasteiger partial charge is 0.314 e. The first-order valence-corrected chi connectivity index (χ1v) is 30.8. The topological polar surface area (TPSA) is 27.7 Å². The third-order valence-electron chi connectivity index (χ3n) is 9.41. The van der Waals surface area contributed by atoms with Crippen LogP contribution in [0.1, 0.15) is 96.3 Å². The molecular formula is C29H64O3Si5. The predicted molar refractivity (Wildman–Crippen MR) is 175 cm³/mol. The molecule has 218 valence electrons. The second-order valence-corrected chi connectivity index (χ2v) is 37.6. The molecule has 0 atom stereocenters.